The van der Waals surface area contributed by atoms with Gasteiger partial charge in [-0.2, -0.15) is 0 Å². The molecule has 8 heteroatoms. The maximum absolute atomic E-state index is 15.3. The van der Waals surface area contributed by atoms with Crippen molar-refractivity contribution in [2.75, 3.05) is 7.11 Å². The summed E-state index contributed by atoms with van der Waals surface area (Å²) < 4.78 is 25.6. The van der Waals surface area contributed by atoms with E-state index in [2.05, 4.69) is 9.22 Å². The number of hydrogen-bond acceptors (Lipinski definition) is 4. The molecule has 30 heavy (non-hydrogen) atoms. The molecule has 0 amide bonds. The van der Waals surface area contributed by atoms with Gasteiger partial charge in [0.2, 0.25) is 12.0 Å². The Kier molecular flexibility index (Phi) is 4.22. The van der Waals surface area contributed by atoms with Crippen LogP contribution in [0.15, 0.2) is 39.9 Å². The molecular formula is C22H16FN3O3S. The van der Waals surface area contributed by atoms with Crippen molar-refractivity contribution in [2.24, 2.45) is 0 Å². The zero-order valence-electron chi connectivity index (χ0n) is 16.0. The molecule has 0 bridgehead atoms. The highest BCUT2D eigenvalue weighted by Crippen LogP contribution is 2.45. The molecule has 1 aliphatic carbocycles. The summed E-state index contributed by atoms with van der Waals surface area (Å²) in [6, 6.07) is 8.41. The van der Waals surface area contributed by atoms with Crippen LogP contribution in [0.4, 0.5) is 4.39 Å². The van der Waals surface area contributed by atoms with E-state index in [9.17, 15) is 9.59 Å². The standard InChI is InChI=1S/C22H16FN3O3S/c1-24-10-11-3-5-12(6-4-11)16-15(23)9-14-18(20(16)29-2)26(13-7-8-13)22-17(19(14)27)21(28)25-30-22/h3-6,9,13H,7-8,10H2,2H3,(H,25,28). The summed E-state index contributed by atoms with van der Waals surface area (Å²) >= 11 is 1.12. The molecule has 2 heterocycles. The topological polar surface area (TPSA) is 68.5 Å². The first-order chi connectivity index (χ1) is 14.5. The number of ether oxygens (including phenoxy) is 1. The van der Waals surface area contributed by atoms with Crippen LogP contribution in [0.1, 0.15) is 24.4 Å². The lowest BCUT2D eigenvalue weighted by Gasteiger charge is -2.18. The number of methoxy groups -OCH3 is 1. The Labute approximate surface area is 174 Å². The largest absolute Gasteiger partial charge is 0.494 e. The Morgan fingerprint density at radius 2 is 2.03 bits per heavy atom. The normalized spacial score (nSPS) is 13.6. The number of hydrogen-bond donors (Lipinski definition) is 1. The fraction of sp³-hybridized carbons (Fsp3) is 0.227. The minimum atomic E-state index is -0.595. The van der Waals surface area contributed by atoms with Crippen LogP contribution in [0.25, 0.3) is 37.1 Å². The number of pyridine rings is 1. The molecule has 0 atom stereocenters. The van der Waals surface area contributed by atoms with Gasteiger partial charge in [0, 0.05) is 11.6 Å². The van der Waals surface area contributed by atoms with Gasteiger partial charge >= 0.3 is 0 Å². The Morgan fingerprint density at radius 1 is 1.30 bits per heavy atom. The summed E-state index contributed by atoms with van der Waals surface area (Å²) in [7, 11) is 1.45. The van der Waals surface area contributed by atoms with Gasteiger partial charge in [-0.25, -0.2) is 11.0 Å². The van der Waals surface area contributed by atoms with Crippen LogP contribution in [-0.4, -0.2) is 16.1 Å². The van der Waals surface area contributed by atoms with Crippen LogP contribution >= 0.6 is 11.5 Å². The number of nitrogens with zero attached hydrogens (tertiary/aromatic N) is 2. The molecule has 1 fully saturated rings. The highest BCUT2D eigenvalue weighted by Gasteiger charge is 2.31. The molecule has 0 unspecified atom stereocenters. The summed E-state index contributed by atoms with van der Waals surface area (Å²) in [5.41, 5.74) is 1.26. The van der Waals surface area contributed by atoms with Crippen molar-refractivity contribution in [3.8, 4) is 16.9 Å². The van der Waals surface area contributed by atoms with Crippen LogP contribution < -0.4 is 15.7 Å². The maximum atomic E-state index is 15.3. The van der Waals surface area contributed by atoms with Crippen molar-refractivity contribution in [3.63, 3.8) is 0 Å². The number of nitrogens with one attached hydrogen (secondary N) is 1. The zero-order chi connectivity index (χ0) is 21.0. The molecule has 2 aromatic carbocycles. The quantitative estimate of drug-likeness (QED) is 0.494. The Bertz CT molecular complexity index is 1470. The molecule has 2 aromatic heterocycles. The summed E-state index contributed by atoms with van der Waals surface area (Å²) in [5, 5.41) is 0.207. The first-order valence-corrected chi connectivity index (χ1v) is 10.2. The average Bonchev–Trinajstić information content (AvgIpc) is 3.51. The summed E-state index contributed by atoms with van der Waals surface area (Å²) in [6.07, 6.45) is 1.83. The van der Waals surface area contributed by atoms with E-state index in [1.807, 2.05) is 4.57 Å². The van der Waals surface area contributed by atoms with E-state index in [4.69, 9.17) is 11.3 Å². The van der Waals surface area contributed by atoms with Crippen LogP contribution in [0.3, 0.4) is 0 Å². The third kappa shape index (κ3) is 2.66. The van der Waals surface area contributed by atoms with E-state index >= 15 is 4.39 Å². The van der Waals surface area contributed by atoms with E-state index in [1.165, 1.54) is 13.2 Å². The van der Waals surface area contributed by atoms with E-state index in [0.717, 1.165) is 29.9 Å². The number of H-pyrrole nitrogens is 1. The van der Waals surface area contributed by atoms with Crippen LogP contribution in [0.2, 0.25) is 0 Å². The predicted octanol–water partition coefficient (Wildman–Crippen LogP) is 4.47. The van der Waals surface area contributed by atoms with E-state index in [0.29, 0.717) is 15.9 Å². The van der Waals surface area contributed by atoms with E-state index < -0.39 is 16.8 Å². The van der Waals surface area contributed by atoms with Gasteiger partial charge in [-0.05, 0) is 36.0 Å². The Balaban J connectivity index is 1.90. The highest BCUT2D eigenvalue weighted by molar-refractivity contribution is 7.12. The minimum absolute atomic E-state index is 0.0668. The van der Waals surface area contributed by atoms with Crippen LogP contribution in [0, 0.1) is 12.4 Å². The first kappa shape index (κ1) is 18.6. The molecule has 1 N–H and O–H groups in total. The van der Waals surface area contributed by atoms with Crippen molar-refractivity contribution in [3.05, 3.63) is 73.7 Å². The number of aromatic nitrogens is 2. The van der Waals surface area contributed by atoms with Crippen molar-refractivity contribution < 1.29 is 9.13 Å². The summed E-state index contributed by atoms with van der Waals surface area (Å²) in [5.74, 6) is -0.322. The van der Waals surface area contributed by atoms with Gasteiger partial charge in [0.15, 0.2) is 5.75 Å². The second-order valence-corrected chi connectivity index (χ2v) is 8.11. The van der Waals surface area contributed by atoms with E-state index in [1.54, 1.807) is 24.3 Å². The van der Waals surface area contributed by atoms with Gasteiger partial charge in [-0.3, -0.25) is 14.0 Å². The smallest absolute Gasteiger partial charge is 0.271 e. The number of benzene rings is 2. The third-order valence-electron chi connectivity index (χ3n) is 5.44. The van der Waals surface area contributed by atoms with Crippen molar-refractivity contribution in [1.29, 1.82) is 0 Å². The molecule has 0 spiro atoms. The first-order valence-electron chi connectivity index (χ1n) is 9.43. The zero-order valence-corrected chi connectivity index (χ0v) is 16.8. The predicted molar refractivity (Wildman–Crippen MR) is 115 cm³/mol. The number of aromatic amines is 1. The molecule has 150 valence electrons. The van der Waals surface area contributed by atoms with Crippen molar-refractivity contribution >= 4 is 32.7 Å². The van der Waals surface area contributed by atoms with Gasteiger partial charge in [-0.1, -0.05) is 24.3 Å². The molecule has 6 nitrogen and oxygen atoms in total. The van der Waals surface area contributed by atoms with Gasteiger partial charge in [-0.15, -0.1) is 0 Å². The molecule has 0 aliphatic heterocycles. The lowest BCUT2D eigenvalue weighted by molar-refractivity contribution is 0.416. The third-order valence-corrected chi connectivity index (χ3v) is 6.32. The second kappa shape index (κ2) is 6.82. The summed E-state index contributed by atoms with van der Waals surface area (Å²) in [6.45, 7) is 7.25. The van der Waals surface area contributed by atoms with E-state index in [-0.39, 0.29) is 34.7 Å². The molecule has 0 radical (unpaired) electrons. The molecular weight excluding hydrogens is 405 g/mol. The van der Waals surface area contributed by atoms with Crippen LogP contribution in [-0.2, 0) is 6.54 Å². The fourth-order valence-electron chi connectivity index (χ4n) is 3.95. The van der Waals surface area contributed by atoms with Crippen molar-refractivity contribution in [1.82, 2.24) is 8.94 Å². The van der Waals surface area contributed by atoms with Crippen molar-refractivity contribution in [2.45, 2.75) is 25.4 Å². The van der Waals surface area contributed by atoms with Gasteiger partial charge in [0.25, 0.3) is 5.56 Å². The number of fused-ring (bicyclic) bond motifs is 2. The average molecular weight is 421 g/mol. The molecule has 0 saturated heterocycles. The Morgan fingerprint density at radius 3 is 2.67 bits per heavy atom. The highest BCUT2D eigenvalue weighted by atomic mass is 32.1. The number of rotatable bonds is 4. The number of halogens is 1. The molecule has 5 rings (SSSR count). The maximum Gasteiger partial charge on any atom is 0.271 e. The van der Waals surface area contributed by atoms with Gasteiger partial charge < -0.3 is 14.1 Å². The molecule has 4 aromatic rings. The lowest BCUT2D eigenvalue weighted by Crippen LogP contribution is -2.16. The molecule has 1 aliphatic rings. The van der Waals surface area contributed by atoms with Gasteiger partial charge in [0.05, 0.1) is 23.6 Å². The Hall–Kier alpha value is -3.44. The molecule has 1 saturated carbocycles. The van der Waals surface area contributed by atoms with Crippen LogP contribution in [0.5, 0.6) is 5.75 Å². The monoisotopic (exact) mass is 421 g/mol. The SMILES string of the molecule is [C-]#[N+]Cc1ccc(-c2c(F)cc3c(=O)c4c(=O)[nH]sc4n(C4CC4)c3c2OC)cc1. The second-order valence-electron chi connectivity index (χ2n) is 7.32. The van der Waals surface area contributed by atoms with Gasteiger partial charge in [0.1, 0.15) is 16.0 Å². The lowest BCUT2D eigenvalue weighted by atomic mass is 9.99. The summed E-state index contributed by atoms with van der Waals surface area (Å²) in [4.78, 5) is 29.2. The minimum Gasteiger partial charge on any atom is -0.494 e. The fourth-order valence-corrected chi connectivity index (χ4v) is 4.86.